The van der Waals surface area contributed by atoms with E-state index in [1.165, 1.54) is 12.1 Å². The molecule has 0 bridgehead atoms. The number of carbonyl (C=O) groups is 1. The van der Waals surface area contributed by atoms with Gasteiger partial charge in [-0.1, -0.05) is 18.2 Å². The minimum absolute atomic E-state index is 0.0145. The van der Waals surface area contributed by atoms with Crippen molar-refractivity contribution in [2.24, 2.45) is 0 Å². The zero-order valence-corrected chi connectivity index (χ0v) is 23.1. The third-order valence-corrected chi connectivity index (χ3v) is 8.84. The minimum Gasteiger partial charge on any atom is -0.744 e. The van der Waals surface area contributed by atoms with Crippen LogP contribution in [-0.4, -0.2) is 23.9 Å². The summed E-state index contributed by atoms with van der Waals surface area (Å²) in [4.78, 5) is 12.0. The summed E-state index contributed by atoms with van der Waals surface area (Å²) >= 11 is 13.3. The molecule has 0 spiro atoms. The maximum Gasteiger partial charge on any atom is 0.207 e. The number of hydrogen-bond donors (Lipinski definition) is 1. The van der Waals surface area contributed by atoms with Crippen LogP contribution in [0, 0.1) is 6.92 Å². The number of aromatic hydroxyl groups is 1. The molecule has 0 heterocycles. The van der Waals surface area contributed by atoms with Crippen LogP contribution >= 0.6 is 63.7 Å². The Hall–Kier alpha value is -1.04. The number of phenols is 1. The highest BCUT2D eigenvalue weighted by Crippen LogP contribution is 2.45. The van der Waals surface area contributed by atoms with Crippen molar-refractivity contribution in [1.29, 1.82) is 0 Å². The first-order valence-electron chi connectivity index (χ1n) is 8.62. The summed E-state index contributed by atoms with van der Waals surface area (Å²) in [5.41, 5.74) is 2.90. The van der Waals surface area contributed by atoms with Gasteiger partial charge in [0, 0.05) is 5.56 Å². The van der Waals surface area contributed by atoms with Gasteiger partial charge in [-0.15, -0.1) is 0 Å². The van der Waals surface area contributed by atoms with Crippen LogP contribution in [-0.2, 0) is 14.9 Å². The predicted octanol–water partition coefficient (Wildman–Crippen LogP) is 6.46. The summed E-state index contributed by atoms with van der Waals surface area (Å²) in [5.74, 6) is -0.269. The monoisotopic (exact) mass is 693 g/mol. The third kappa shape index (κ3) is 4.56. The molecule has 0 radical (unpaired) electrons. The van der Waals surface area contributed by atoms with Crippen molar-refractivity contribution in [1.82, 2.24) is 0 Å². The molecule has 1 N–H and O–H groups in total. The molecule has 0 fully saturated rings. The van der Waals surface area contributed by atoms with Gasteiger partial charge in [-0.2, -0.15) is 0 Å². The summed E-state index contributed by atoms with van der Waals surface area (Å²) in [6, 6.07) is 7.54. The summed E-state index contributed by atoms with van der Waals surface area (Å²) < 4.78 is 37.6. The molecule has 2 aromatic rings. The highest BCUT2D eigenvalue weighted by Gasteiger charge is 2.27. The summed E-state index contributed by atoms with van der Waals surface area (Å²) in [6.45, 7) is 3.47. The SMILES string of the molecule is CC1=C(Br)C(=O)C(Br)=C/C1=C(/c1ccccc1S(=O)(=O)[O-])c1cc(Br)c(O)c(Br)c1C. The lowest BCUT2D eigenvalue weighted by Crippen LogP contribution is -2.11. The Labute approximate surface area is 213 Å². The van der Waals surface area contributed by atoms with Gasteiger partial charge in [0.25, 0.3) is 0 Å². The Kier molecular flexibility index (Phi) is 7.20. The molecule has 0 saturated heterocycles. The first-order chi connectivity index (χ1) is 14.4. The number of phenolic OH excluding ortho intramolecular Hbond substituents is 1. The van der Waals surface area contributed by atoms with E-state index in [9.17, 15) is 22.9 Å². The van der Waals surface area contributed by atoms with Gasteiger partial charge < -0.3 is 9.66 Å². The largest absolute Gasteiger partial charge is 0.744 e. The highest BCUT2D eigenvalue weighted by molar-refractivity contribution is 9.13. The molecule has 0 amide bonds. The van der Waals surface area contributed by atoms with E-state index in [4.69, 9.17) is 0 Å². The van der Waals surface area contributed by atoms with E-state index in [1.54, 1.807) is 38.1 Å². The van der Waals surface area contributed by atoms with Crippen LogP contribution in [0.5, 0.6) is 5.75 Å². The average Bonchev–Trinajstić information content (AvgIpc) is 2.72. The van der Waals surface area contributed by atoms with Crippen molar-refractivity contribution in [3.8, 4) is 5.75 Å². The average molecular weight is 697 g/mol. The molecule has 31 heavy (non-hydrogen) atoms. The lowest BCUT2D eigenvalue weighted by Gasteiger charge is -2.24. The number of Topliss-reactive ketones (excluding diaryl/α,β-unsaturated/α-hetero) is 1. The van der Waals surface area contributed by atoms with Gasteiger partial charge >= 0.3 is 0 Å². The smallest absolute Gasteiger partial charge is 0.207 e. The fourth-order valence-electron chi connectivity index (χ4n) is 3.24. The molecule has 2 aromatic carbocycles. The van der Waals surface area contributed by atoms with Crippen molar-refractivity contribution in [2.45, 2.75) is 18.7 Å². The van der Waals surface area contributed by atoms with E-state index in [1.807, 2.05) is 0 Å². The van der Waals surface area contributed by atoms with Crippen LogP contribution in [0.1, 0.15) is 23.6 Å². The maximum atomic E-state index is 12.4. The molecular weight excluding hydrogens is 684 g/mol. The molecule has 5 nitrogen and oxygen atoms in total. The molecule has 0 atom stereocenters. The van der Waals surface area contributed by atoms with Gasteiger partial charge in [-0.3, -0.25) is 4.79 Å². The highest BCUT2D eigenvalue weighted by atomic mass is 79.9. The number of benzene rings is 2. The van der Waals surface area contributed by atoms with E-state index in [0.717, 1.165) is 0 Å². The summed E-state index contributed by atoms with van der Waals surface area (Å²) in [7, 11) is -4.81. The molecule has 0 unspecified atom stereocenters. The molecule has 162 valence electrons. The first-order valence-corrected chi connectivity index (χ1v) is 13.2. The minimum atomic E-state index is -4.81. The van der Waals surface area contributed by atoms with Gasteiger partial charge in [-0.25, -0.2) is 8.42 Å². The summed E-state index contributed by atoms with van der Waals surface area (Å²) in [6.07, 6.45) is 1.60. The number of carbonyl (C=O) groups excluding carboxylic acids is 1. The maximum absolute atomic E-state index is 12.4. The van der Waals surface area contributed by atoms with Gasteiger partial charge in [-0.05, 0) is 124 Å². The van der Waals surface area contributed by atoms with Gasteiger partial charge in [0.1, 0.15) is 15.9 Å². The number of ketones is 1. The van der Waals surface area contributed by atoms with Crippen LogP contribution in [0.3, 0.4) is 0 Å². The van der Waals surface area contributed by atoms with Crippen LogP contribution in [0.2, 0.25) is 0 Å². The Morgan fingerprint density at radius 2 is 1.65 bits per heavy atom. The molecule has 0 saturated carbocycles. The lowest BCUT2D eigenvalue weighted by atomic mass is 9.85. The number of hydrogen-bond acceptors (Lipinski definition) is 5. The van der Waals surface area contributed by atoms with Crippen molar-refractivity contribution < 1.29 is 22.9 Å². The van der Waals surface area contributed by atoms with Crippen LogP contribution in [0.15, 0.2) is 70.4 Å². The van der Waals surface area contributed by atoms with Crippen LogP contribution in [0.25, 0.3) is 5.57 Å². The topological polar surface area (TPSA) is 94.5 Å². The van der Waals surface area contributed by atoms with Crippen molar-refractivity contribution >= 4 is 85.2 Å². The first kappa shape index (κ1) is 24.6. The van der Waals surface area contributed by atoms with Gasteiger partial charge in [0.15, 0.2) is 0 Å². The number of allylic oxidation sites excluding steroid dienone is 5. The molecule has 0 aliphatic heterocycles. The summed E-state index contributed by atoms with van der Waals surface area (Å²) in [5, 5.41) is 10.3. The van der Waals surface area contributed by atoms with Gasteiger partial charge in [0.05, 0.1) is 22.8 Å². The second kappa shape index (κ2) is 9.07. The van der Waals surface area contributed by atoms with E-state index in [0.29, 0.717) is 41.3 Å². The normalized spacial score (nSPS) is 16.5. The Morgan fingerprint density at radius 1 is 1.03 bits per heavy atom. The van der Waals surface area contributed by atoms with Crippen molar-refractivity contribution in [3.63, 3.8) is 0 Å². The number of rotatable bonds is 3. The van der Waals surface area contributed by atoms with Gasteiger partial charge in [0.2, 0.25) is 5.78 Å². The van der Waals surface area contributed by atoms with E-state index in [2.05, 4.69) is 63.7 Å². The molecule has 10 heteroatoms. The molecular formula is C21H13Br4O5S-. The molecule has 1 aliphatic carbocycles. The van der Waals surface area contributed by atoms with Crippen molar-refractivity contribution in [3.05, 3.63) is 82.2 Å². The lowest BCUT2D eigenvalue weighted by molar-refractivity contribution is -0.111. The zero-order valence-electron chi connectivity index (χ0n) is 16.0. The third-order valence-electron chi connectivity index (χ3n) is 4.82. The fourth-order valence-corrected chi connectivity index (χ4v) is 6.17. The van der Waals surface area contributed by atoms with E-state index < -0.39 is 10.1 Å². The molecule has 0 aromatic heterocycles. The van der Waals surface area contributed by atoms with E-state index in [-0.39, 0.29) is 26.5 Å². The second-order valence-corrected chi connectivity index (χ2v) is 11.3. The Bertz CT molecular complexity index is 1340. The quantitative estimate of drug-likeness (QED) is 0.372. The molecule has 3 rings (SSSR count). The fraction of sp³-hybridized carbons (Fsp3) is 0.0952. The predicted molar refractivity (Wildman–Crippen MR) is 132 cm³/mol. The van der Waals surface area contributed by atoms with Crippen molar-refractivity contribution in [2.75, 3.05) is 0 Å². The Morgan fingerprint density at radius 3 is 2.26 bits per heavy atom. The van der Waals surface area contributed by atoms with Crippen LogP contribution < -0.4 is 0 Å². The number of halogens is 4. The van der Waals surface area contributed by atoms with Crippen LogP contribution in [0.4, 0.5) is 0 Å². The molecule has 1 aliphatic rings. The standard InChI is InChI=1S/C21H14Br4O5S/c1-9-12(7-14(22)20(26)18(9)24)17(11-5-3-4-6-16(11)31(28,29)30)13-8-15(23)21(27)19(25)10(13)2/h3-8,26H,1-2H3,(H,28,29,30)/p-1/b17-13+. The van der Waals surface area contributed by atoms with E-state index >= 15 is 0 Å². The second-order valence-electron chi connectivity index (χ2n) is 6.69. The Balaban J connectivity index is 2.59. The zero-order chi connectivity index (χ0) is 23.2.